The van der Waals surface area contributed by atoms with Gasteiger partial charge in [-0.15, -0.1) is 0 Å². The average Bonchev–Trinajstić information content (AvgIpc) is 2.37. The molecule has 2 rings (SSSR count). The van der Waals surface area contributed by atoms with Gasteiger partial charge in [0.25, 0.3) is 0 Å². The van der Waals surface area contributed by atoms with Crippen LogP contribution in [0.1, 0.15) is 17.3 Å². The second-order valence-electron chi connectivity index (χ2n) is 4.31. The van der Waals surface area contributed by atoms with Gasteiger partial charge in [-0.2, -0.15) is 0 Å². The minimum Gasteiger partial charge on any atom is -0.478 e. The summed E-state index contributed by atoms with van der Waals surface area (Å²) >= 11 is 0. The van der Waals surface area contributed by atoms with Crippen LogP contribution < -0.4 is 10.2 Å². The first-order valence-corrected chi connectivity index (χ1v) is 5.38. The van der Waals surface area contributed by atoms with Crippen LogP contribution in [0.4, 0.5) is 11.4 Å². The minimum atomic E-state index is -0.998. The molecule has 1 amide bonds. The van der Waals surface area contributed by atoms with Gasteiger partial charge in [-0.25, -0.2) is 4.79 Å². The first kappa shape index (κ1) is 11.4. The smallest absolute Gasteiger partial charge is 0.335 e. The molecule has 0 saturated carbocycles. The topological polar surface area (TPSA) is 69.6 Å². The molecule has 1 aliphatic heterocycles. The van der Waals surface area contributed by atoms with E-state index in [1.165, 1.54) is 6.07 Å². The fourth-order valence-corrected chi connectivity index (χ4v) is 1.95. The molecule has 0 aliphatic carbocycles. The van der Waals surface area contributed by atoms with E-state index in [0.29, 0.717) is 12.2 Å². The van der Waals surface area contributed by atoms with Crippen molar-refractivity contribution in [2.75, 3.05) is 23.8 Å². The van der Waals surface area contributed by atoms with Gasteiger partial charge in [0.1, 0.15) is 0 Å². The Bertz CT molecular complexity index is 485. The van der Waals surface area contributed by atoms with Gasteiger partial charge in [-0.3, -0.25) is 4.79 Å². The Balaban J connectivity index is 2.47. The van der Waals surface area contributed by atoms with Crippen LogP contribution in [-0.4, -0.2) is 30.6 Å². The number of carboxylic acids is 1. The molecule has 0 aromatic heterocycles. The van der Waals surface area contributed by atoms with Crippen molar-refractivity contribution < 1.29 is 14.7 Å². The summed E-state index contributed by atoms with van der Waals surface area (Å²) in [5.41, 5.74) is 1.57. The molecule has 0 fully saturated rings. The molecular formula is C12H14N2O3. The third-order valence-corrected chi connectivity index (χ3v) is 2.91. The van der Waals surface area contributed by atoms with Gasteiger partial charge in [0, 0.05) is 13.6 Å². The van der Waals surface area contributed by atoms with Crippen LogP contribution in [0.25, 0.3) is 0 Å². The number of carbonyl (C=O) groups is 2. The zero-order valence-corrected chi connectivity index (χ0v) is 9.73. The zero-order valence-electron chi connectivity index (χ0n) is 9.73. The number of anilines is 2. The predicted molar refractivity (Wildman–Crippen MR) is 64.5 cm³/mol. The lowest BCUT2D eigenvalue weighted by molar-refractivity contribution is -0.119. The van der Waals surface area contributed by atoms with E-state index in [0.717, 1.165) is 5.69 Å². The summed E-state index contributed by atoms with van der Waals surface area (Å²) < 4.78 is 0. The Morgan fingerprint density at radius 2 is 2.24 bits per heavy atom. The highest BCUT2D eigenvalue weighted by atomic mass is 16.4. The number of carboxylic acid groups (broad SMARTS) is 1. The van der Waals surface area contributed by atoms with Crippen LogP contribution in [0.15, 0.2) is 18.2 Å². The molecular weight excluding hydrogens is 220 g/mol. The van der Waals surface area contributed by atoms with Gasteiger partial charge < -0.3 is 15.3 Å². The Hall–Kier alpha value is -2.04. The summed E-state index contributed by atoms with van der Waals surface area (Å²) in [4.78, 5) is 24.5. The number of amides is 1. The molecule has 1 aromatic rings. The first-order chi connectivity index (χ1) is 7.99. The van der Waals surface area contributed by atoms with E-state index in [1.807, 2.05) is 18.9 Å². The van der Waals surface area contributed by atoms with Crippen LogP contribution in [0, 0.1) is 5.92 Å². The van der Waals surface area contributed by atoms with Crippen molar-refractivity contribution >= 4 is 23.3 Å². The third kappa shape index (κ3) is 2.08. The SMILES string of the molecule is CC1CN(C)c2ccc(C(=O)O)cc2NC1=O. The number of rotatable bonds is 1. The van der Waals surface area contributed by atoms with Crippen molar-refractivity contribution in [3.8, 4) is 0 Å². The number of hydrogen-bond donors (Lipinski definition) is 2. The van der Waals surface area contributed by atoms with E-state index in [9.17, 15) is 9.59 Å². The molecule has 0 bridgehead atoms. The van der Waals surface area contributed by atoms with Gasteiger partial charge in [-0.05, 0) is 18.2 Å². The van der Waals surface area contributed by atoms with Crippen molar-refractivity contribution in [1.29, 1.82) is 0 Å². The lowest BCUT2D eigenvalue weighted by atomic mass is 10.1. The molecule has 1 aromatic carbocycles. The van der Waals surface area contributed by atoms with Crippen molar-refractivity contribution in [3.63, 3.8) is 0 Å². The van der Waals surface area contributed by atoms with E-state index in [2.05, 4.69) is 5.32 Å². The van der Waals surface area contributed by atoms with Gasteiger partial charge >= 0.3 is 5.97 Å². The van der Waals surface area contributed by atoms with Crippen LogP contribution in [0.3, 0.4) is 0 Å². The maximum Gasteiger partial charge on any atom is 0.335 e. The minimum absolute atomic E-state index is 0.0851. The second-order valence-corrected chi connectivity index (χ2v) is 4.31. The Morgan fingerprint density at radius 1 is 1.53 bits per heavy atom. The Morgan fingerprint density at radius 3 is 2.88 bits per heavy atom. The molecule has 5 heteroatoms. The van der Waals surface area contributed by atoms with Gasteiger partial charge in [0.2, 0.25) is 5.91 Å². The summed E-state index contributed by atoms with van der Waals surface area (Å²) in [6, 6.07) is 4.75. The number of benzene rings is 1. The molecule has 0 spiro atoms. The van der Waals surface area contributed by atoms with E-state index in [4.69, 9.17) is 5.11 Å². The third-order valence-electron chi connectivity index (χ3n) is 2.91. The first-order valence-electron chi connectivity index (χ1n) is 5.38. The number of fused-ring (bicyclic) bond motifs is 1. The maximum absolute atomic E-state index is 11.7. The van der Waals surface area contributed by atoms with E-state index >= 15 is 0 Å². The lowest BCUT2D eigenvalue weighted by Crippen LogP contribution is -2.27. The van der Waals surface area contributed by atoms with E-state index in [1.54, 1.807) is 12.1 Å². The second kappa shape index (κ2) is 4.08. The number of hydrogen-bond acceptors (Lipinski definition) is 3. The maximum atomic E-state index is 11.7. The molecule has 0 saturated heterocycles. The van der Waals surface area contributed by atoms with Crippen LogP contribution in [0.5, 0.6) is 0 Å². The largest absolute Gasteiger partial charge is 0.478 e. The summed E-state index contributed by atoms with van der Waals surface area (Å²) in [6.07, 6.45) is 0. The van der Waals surface area contributed by atoms with Crippen LogP contribution >= 0.6 is 0 Å². The summed E-state index contributed by atoms with van der Waals surface area (Å²) in [5, 5.41) is 11.7. The van der Waals surface area contributed by atoms with Crippen molar-refractivity contribution in [2.45, 2.75) is 6.92 Å². The van der Waals surface area contributed by atoms with Crippen molar-refractivity contribution in [3.05, 3.63) is 23.8 Å². The molecule has 0 radical (unpaired) electrons. The fraction of sp³-hybridized carbons (Fsp3) is 0.333. The van der Waals surface area contributed by atoms with E-state index in [-0.39, 0.29) is 17.4 Å². The molecule has 90 valence electrons. The quantitative estimate of drug-likeness (QED) is 0.770. The summed E-state index contributed by atoms with van der Waals surface area (Å²) in [7, 11) is 1.88. The van der Waals surface area contributed by atoms with Crippen molar-refractivity contribution in [1.82, 2.24) is 0 Å². The highest BCUT2D eigenvalue weighted by Crippen LogP contribution is 2.30. The number of carbonyl (C=O) groups excluding carboxylic acids is 1. The molecule has 1 unspecified atom stereocenters. The zero-order chi connectivity index (χ0) is 12.6. The molecule has 1 heterocycles. The predicted octanol–water partition coefficient (Wildman–Crippen LogP) is 1.41. The normalized spacial score (nSPS) is 19.3. The van der Waals surface area contributed by atoms with Crippen LogP contribution in [0.2, 0.25) is 0 Å². The fourth-order valence-electron chi connectivity index (χ4n) is 1.95. The lowest BCUT2D eigenvalue weighted by Gasteiger charge is -2.19. The number of aromatic carboxylic acids is 1. The Kier molecular flexibility index (Phi) is 2.75. The van der Waals surface area contributed by atoms with Crippen LogP contribution in [-0.2, 0) is 4.79 Å². The molecule has 2 N–H and O–H groups in total. The highest BCUT2D eigenvalue weighted by molar-refractivity contribution is 5.99. The highest BCUT2D eigenvalue weighted by Gasteiger charge is 2.23. The standard InChI is InChI=1S/C12H14N2O3/c1-7-6-14(2)10-4-3-8(12(16)17)5-9(10)13-11(7)15/h3-5,7H,6H2,1-2H3,(H,13,15)(H,16,17). The van der Waals surface area contributed by atoms with Crippen molar-refractivity contribution in [2.24, 2.45) is 5.92 Å². The Labute approximate surface area is 99.0 Å². The summed E-state index contributed by atoms with van der Waals surface area (Å²) in [5.74, 6) is -1.21. The monoisotopic (exact) mass is 234 g/mol. The van der Waals surface area contributed by atoms with Gasteiger partial charge in [0.15, 0.2) is 0 Å². The molecule has 17 heavy (non-hydrogen) atoms. The van der Waals surface area contributed by atoms with Gasteiger partial charge in [-0.1, -0.05) is 6.92 Å². The molecule has 1 atom stereocenters. The number of nitrogens with zero attached hydrogens (tertiary/aromatic N) is 1. The number of nitrogens with one attached hydrogen (secondary N) is 1. The average molecular weight is 234 g/mol. The molecule has 5 nitrogen and oxygen atoms in total. The molecule has 1 aliphatic rings. The van der Waals surface area contributed by atoms with E-state index < -0.39 is 5.97 Å². The summed E-state index contributed by atoms with van der Waals surface area (Å²) in [6.45, 7) is 2.46. The van der Waals surface area contributed by atoms with Gasteiger partial charge in [0.05, 0.1) is 22.9 Å².